The van der Waals surface area contributed by atoms with Crippen LogP contribution >= 0.6 is 0 Å². The molecule has 0 spiro atoms. The molecule has 168 valence electrons. The molecule has 3 N–H and O–H groups in total. The van der Waals surface area contributed by atoms with Gasteiger partial charge in [-0.2, -0.15) is 9.78 Å². The van der Waals surface area contributed by atoms with E-state index in [1.54, 1.807) is 19.1 Å². The van der Waals surface area contributed by atoms with Gasteiger partial charge in [-0.25, -0.2) is 14.4 Å². The molecule has 0 saturated carbocycles. The van der Waals surface area contributed by atoms with Crippen LogP contribution in [0.4, 0.5) is 15.9 Å². The second-order valence-corrected chi connectivity index (χ2v) is 7.11. The molecule has 0 aliphatic rings. The zero-order valence-electron chi connectivity index (χ0n) is 17.8. The van der Waals surface area contributed by atoms with Crippen LogP contribution in [0.25, 0.3) is 5.82 Å². The first-order chi connectivity index (χ1) is 15.9. The molecule has 11 nitrogen and oxygen atoms in total. The zero-order valence-corrected chi connectivity index (χ0v) is 17.8. The van der Waals surface area contributed by atoms with E-state index in [-0.39, 0.29) is 29.7 Å². The maximum atomic E-state index is 13.1. The molecule has 2 aromatic carbocycles. The quantitative estimate of drug-likeness (QED) is 0.323. The maximum Gasteiger partial charge on any atom is 0.293 e. The molecule has 0 aliphatic heterocycles. The number of hydrogen-bond donors (Lipinski definition) is 2. The predicted octanol–water partition coefficient (Wildman–Crippen LogP) is 2.16. The van der Waals surface area contributed by atoms with Gasteiger partial charge in [0.1, 0.15) is 5.82 Å². The van der Waals surface area contributed by atoms with Crippen molar-refractivity contribution in [2.75, 3.05) is 17.7 Å². The van der Waals surface area contributed by atoms with E-state index < -0.39 is 5.91 Å². The Hall–Kier alpha value is -4.61. The van der Waals surface area contributed by atoms with E-state index in [4.69, 9.17) is 5.73 Å². The Kier molecular flexibility index (Phi) is 6.06. The first kappa shape index (κ1) is 21.6. The van der Waals surface area contributed by atoms with Gasteiger partial charge in [0.15, 0.2) is 5.69 Å². The van der Waals surface area contributed by atoms with Gasteiger partial charge in [-0.1, -0.05) is 35.5 Å². The molecule has 0 fully saturated rings. The summed E-state index contributed by atoms with van der Waals surface area (Å²) in [6, 6.07) is 15.3. The van der Waals surface area contributed by atoms with E-state index in [1.165, 1.54) is 16.8 Å². The minimum Gasteiger partial charge on any atom is -0.378 e. The minimum absolute atomic E-state index is 0.000599. The SMILES string of the molecule is C/C(=N/NC(=O)c1nnn(-c2nonc2N)c1CN(C)c1ccccc1)c1ccc(F)cc1. The fourth-order valence-corrected chi connectivity index (χ4v) is 3.07. The highest BCUT2D eigenvalue weighted by atomic mass is 19.1. The summed E-state index contributed by atoms with van der Waals surface area (Å²) >= 11 is 0. The second kappa shape index (κ2) is 9.26. The molecular formula is C21H20FN9O2. The number of para-hydroxylation sites is 1. The summed E-state index contributed by atoms with van der Waals surface area (Å²) in [7, 11) is 1.86. The van der Waals surface area contributed by atoms with Crippen molar-refractivity contribution in [1.82, 2.24) is 30.7 Å². The average molecular weight is 449 g/mol. The normalized spacial score (nSPS) is 11.4. The van der Waals surface area contributed by atoms with Crippen molar-refractivity contribution >= 4 is 23.1 Å². The molecule has 0 saturated heterocycles. The number of hydrazone groups is 1. The summed E-state index contributed by atoms with van der Waals surface area (Å²) in [6.45, 7) is 1.93. The Morgan fingerprint density at radius 1 is 1.18 bits per heavy atom. The third-order valence-electron chi connectivity index (χ3n) is 4.85. The summed E-state index contributed by atoms with van der Waals surface area (Å²) in [5.41, 5.74) is 10.8. The van der Waals surface area contributed by atoms with Crippen LogP contribution in [0.3, 0.4) is 0 Å². The number of carbonyl (C=O) groups is 1. The number of nitrogens with one attached hydrogen (secondary N) is 1. The lowest BCUT2D eigenvalue weighted by Gasteiger charge is -2.19. The van der Waals surface area contributed by atoms with Gasteiger partial charge in [0.25, 0.3) is 5.91 Å². The fourth-order valence-electron chi connectivity index (χ4n) is 3.07. The van der Waals surface area contributed by atoms with Gasteiger partial charge in [0.05, 0.1) is 18.0 Å². The number of hydrogen-bond acceptors (Lipinski definition) is 9. The standard InChI is InChI=1S/C21H20FN9O2/c1-13(14-8-10-15(22)11-9-14)24-26-21(32)18-17(12-30(2)16-6-4-3-5-7-16)31(29-25-18)20-19(23)27-33-28-20/h3-11H,12H2,1-2H3,(H2,23,27)(H,26,32)/b24-13-. The van der Waals surface area contributed by atoms with Gasteiger partial charge in [-0.3, -0.25) is 4.79 Å². The number of rotatable bonds is 7. The first-order valence-corrected chi connectivity index (χ1v) is 9.83. The van der Waals surface area contributed by atoms with Crippen LogP contribution in [-0.4, -0.2) is 44.0 Å². The van der Waals surface area contributed by atoms with Crippen molar-refractivity contribution < 1.29 is 13.8 Å². The van der Waals surface area contributed by atoms with E-state index in [1.807, 2.05) is 42.3 Å². The Balaban J connectivity index is 1.63. The molecule has 0 aliphatic carbocycles. The second-order valence-electron chi connectivity index (χ2n) is 7.11. The monoisotopic (exact) mass is 449 g/mol. The summed E-state index contributed by atoms with van der Waals surface area (Å²) in [5.74, 6) is -0.833. The van der Waals surface area contributed by atoms with Crippen LogP contribution in [0.2, 0.25) is 0 Å². The lowest BCUT2D eigenvalue weighted by atomic mass is 10.1. The van der Waals surface area contributed by atoms with Gasteiger partial charge in [-0.05, 0) is 47.1 Å². The Morgan fingerprint density at radius 2 is 1.91 bits per heavy atom. The summed E-state index contributed by atoms with van der Waals surface area (Å²) in [4.78, 5) is 14.8. The van der Waals surface area contributed by atoms with Crippen LogP contribution in [0.15, 0.2) is 64.3 Å². The van der Waals surface area contributed by atoms with Crippen LogP contribution in [-0.2, 0) is 6.54 Å². The third-order valence-corrected chi connectivity index (χ3v) is 4.85. The van der Waals surface area contributed by atoms with Crippen LogP contribution in [0, 0.1) is 5.82 Å². The number of anilines is 2. The van der Waals surface area contributed by atoms with E-state index in [0.29, 0.717) is 17.0 Å². The number of amides is 1. The molecule has 2 heterocycles. The van der Waals surface area contributed by atoms with Gasteiger partial charge < -0.3 is 10.6 Å². The highest BCUT2D eigenvalue weighted by molar-refractivity contribution is 6.00. The van der Waals surface area contributed by atoms with Crippen molar-refractivity contribution in [1.29, 1.82) is 0 Å². The zero-order chi connectivity index (χ0) is 23.4. The van der Waals surface area contributed by atoms with Gasteiger partial charge in [0.2, 0.25) is 11.6 Å². The topological polar surface area (TPSA) is 140 Å². The van der Waals surface area contributed by atoms with Crippen molar-refractivity contribution in [3.63, 3.8) is 0 Å². The summed E-state index contributed by atoms with van der Waals surface area (Å²) in [6.07, 6.45) is 0. The van der Waals surface area contributed by atoms with Crippen molar-refractivity contribution in [3.8, 4) is 5.82 Å². The summed E-state index contributed by atoms with van der Waals surface area (Å²) in [5, 5.41) is 19.5. The maximum absolute atomic E-state index is 13.1. The molecule has 0 radical (unpaired) electrons. The average Bonchev–Trinajstić information content (AvgIpc) is 3.43. The van der Waals surface area contributed by atoms with Crippen LogP contribution in [0.1, 0.15) is 28.7 Å². The van der Waals surface area contributed by atoms with Crippen molar-refractivity contribution in [2.45, 2.75) is 13.5 Å². The molecule has 12 heteroatoms. The fraction of sp³-hybridized carbons (Fsp3) is 0.143. The lowest BCUT2D eigenvalue weighted by molar-refractivity contribution is 0.0948. The highest BCUT2D eigenvalue weighted by Crippen LogP contribution is 2.20. The number of halogens is 1. The number of benzene rings is 2. The molecule has 0 bridgehead atoms. The summed E-state index contributed by atoms with van der Waals surface area (Å²) < 4.78 is 19.1. The van der Waals surface area contributed by atoms with E-state index >= 15 is 0 Å². The minimum atomic E-state index is -0.589. The molecule has 0 unspecified atom stereocenters. The van der Waals surface area contributed by atoms with Gasteiger partial charge in [-0.15, -0.1) is 5.10 Å². The van der Waals surface area contributed by atoms with Crippen molar-refractivity contribution in [3.05, 3.63) is 77.4 Å². The van der Waals surface area contributed by atoms with E-state index in [9.17, 15) is 9.18 Å². The Morgan fingerprint density at radius 3 is 2.58 bits per heavy atom. The molecule has 33 heavy (non-hydrogen) atoms. The predicted molar refractivity (Wildman–Crippen MR) is 118 cm³/mol. The Labute approximate surface area is 187 Å². The number of nitrogens with zero attached hydrogens (tertiary/aromatic N) is 7. The van der Waals surface area contributed by atoms with Crippen molar-refractivity contribution in [2.24, 2.45) is 5.10 Å². The van der Waals surface area contributed by atoms with Crippen LogP contribution in [0.5, 0.6) is 0 Å². The Bertz CT molecular complexity index is 1280. The molecule has 2 aromatic heterocycles. The molecule has 0 atom stereocenters. The number of nitrogens with two attached hydrogens (primary N) is 1. The van der Waals surface area contributed by atoms with Gasteiger partial charge in [0, 0.05) is 12.7 Å². The lowest BCUT2D eigenvalue weighted by Crippen LogP contribution is -2.25. The molecule has 1 amide bonds. The number of nitrogen functional groups attached to an aromatic ring is 1. The smallest absolute Gasteiger partial charge is 0.293 e. The van der Waals surface area contributed by atoms with Crippen LogP contribution < -0.4 is 16.1 Å². The molecular weight excluding hydrogens is 429 g/mol. The molecule has 4 aromatic rings. The van der Waals surface area contributed by atoms with E-state index in [0.717, 1.165) is 5.69 Å². The molecule has 4 rings (SSSR count). The van der Waals surface area contributed by atoms with E-state index in [2.05, 4.69) is 35.8 Å². The first-order valence-electron chi connectivity index (χ1n) is 9.83. The highest BCUT2D eigenvalue weighted by Gasteiger charge is 2.25. The largest absolute Gasteiger partial charge is 0.378 e. The van der Waals surface area contributed by atoms with Gasteiger partial charge >= 0.3 is 0 Å². The number of aromatic nitrogens is 5. The third kappa shape index (κ3) is 4.69. The number of carbonyl (C=O) groups excluding carboxylic acids is 1.